The molecular formula is C10H7Cl2N3. The Kier molecular flexibility index (Phi) is 2.50. The molecule has 0 radical (unpaired) electrons. The Labute approximate surface area is 96.3 Å². The van der Waals surface area contributed by atoms with Crippen LogP contribution in [0, 0.1) is 5.41 Å². The summed E-state index contributed by atoms with van der Waals surface area (Å²) in [7, 11) is 0. The Morgan fingerprint density at radius 2 is 1.93 bits per heavy atom. The summed E-state index contributed by atoms with van der Waals surface area (Å²) in [6.07, 6.45) is 1.56. The monoisotopic (exact) mass is 239 g/mol. The van der Waals surface area contributed by atoms with Crippen LogP contribution in [0.5, 0.6) is 0 Å². The zero-order chi connectivity index (χ0) is 11.0. The Hall–Kier alpha value is -1.32. The molecule has 3 nitrogen and oxygen atoms in total. The number of hydrogen-bond acceptors (Lipinski definition) is 2. The SMILES string of the molecule is N=C(N)c1nccc2c(Cl)c(Cl)ccc12. The van der Waals surface area contributed by atoms with E-state index >= 15 is 0 Å². The fraction of sp³-hybridized carbons (Fsp3) is 0. The van der Waals surface area contributed by atoms with Gasteiger partial charge in [0.1, 0.15) is 11.5 Å². The molecule has 1 heterocycles. The zero-order valence-corrected chi connectivity index (χ0v) is 9.10. The number of halogens is 2. The lowest BCUT2D eigenvalue weighted by molar-refractivity contribution is 1.28. The predicted molar refractivity (Wildman–Crippen MR) is 62.8 cm³/mol. The van der Waals surface area contributed by atoms with Crippen molar-refractivity contribution in [3.05, 3.63) is 40.1 Å². The first kappa shape index (κ1) is 10.2. The number of rotatable bonds is 1. The van der Waals surface area contributed by atoms with E-state index in [0.29, 0.717) is 15.7 Å². The third-order valence-electron chi connectivity index (χ3n) is 2.09. The minimum atomic E-state index is -0.0843. The Morgan fingerprint density at radius 3 is 2.60 bits per heavy atom. The molecule has 0 aliphatic heterocycles. The third-order valence-corrected chi connectivity index (χ3v) is 2.91. The van der Waals surface area contributed by atoms with Crippen molar-refractivity contribution in [2.45, 2.75) is 0 Å². The standard InChI is InChI=1S/C10H7Cl2N3/c11-7-2-1-6-5(8(7)12)3-4-15-9(6)10(13)14/h1-4H,(H3,13,14). The first-order valence-corrected chi connectivity index (χ1v) is 4.94. The number of benzene rings is 1. The van der Waals surface area contributed by atoms with Crippen molar-refractivity contribution in [2.24, 2.45) is 5.73 Å². The van der Waals surface area contributed by atoms with Crippen molar-refractivity contribution in [1.29, 1.82) is 5.41 Å². The summed E-state index contributed by atoms with van der Waals surface area (Å²) in [4.78, 5) is 4.03. The van der Waals surface area contributed by atoms with Gasteiger partial charge < -0.3 is 5.73 Å². The fourth-order valence-corrected chi connectivity index (χ4v) is 1.80. The average Bonchev–Trinajstić information content (AvgIpc) is 2.23. The smallest absolute Gasteiger partial charge is 0.142 e. The lowest BCUT2D eigenvalue weighted by Crippen LogP contribution is -2.13. The van der Waals surface area contributed by atoms with E-state index in [4.69, 9.17) is 34.3 Å². The molecule has 76 valence electrons. The molecule has 0 amide bonds. The number of pyridine rings is 1. The van der Waals surface area contributed by atoms with Gasteiger partial charge in [-0.25, -0.2) is 0 Å². The molecule has 0 aliphatic rings. The number of nitrogens with two attached hydrogens (primary N) is 1. The molecule has 3 N–H and O–H groups in total. The van der Waals surface area contributed by atoms with Gasteiger partial charge in [-0.1, -0.05) is 29.3 Å². The van der Waals surface area contributed by atoms with Crippen LogP contribution in [0.1, 0.15) is 5.69 Å². The van der Waals surface area contributed by atoms with Crippen LogP contribution in [-0.2, 0) is 0 Å². The summed E-state index contributed by atoms with van der Waals surface area (Å²) in [5, 5.41) is 9.80. The highest BCUT2D eigenvalue weighted by atomic mass is 35.5. The molecule has 0 saturated carbocycles. The number of aromatic nitrogens is 1. The number of hydrogen-bond donors (Lipinski definition) is 2. The van der Waals surface area contributed by atoms with Gasteiger partial charge in [0.15, 0.2) is 0 Å². The lowest BCUT2D eigenvalue weighted by atomic mass is 10.1. The quantitative estimate of drug-likeness (QED) is 0.594. The van der Waals surface area contributed by atoms with Crippen molar-refractivity contribution < 1.29 is 0 Å². The number of nitrogens with zero attached hydrogens (tertiary/aromatic N) is 1. The second-order valence-corrected chi connectivity index (χ2v) is 3.81. The van der Waals surface area contributed by atoms with Gasteiger partial charge >= 0.3 is 0 Å². The van der Waals surface area contributed by atoms with E-state index in [-0.39, 0.29) is 5.84 Å². The van der Waals surface area contributed by atoms with Crippen molar-refractivity contribution in [2.75, 3.05) is 0 Å². The lowest BCUT2D eigenvalue weighted by Gasteiger charge is -2.06. The summed E-state index contributed by atoms with van der Waals surface area (Å²) in [5.74, 6) is -0.0843. The highest BCUT2D eigenvalue weighted by Gasteiger charge is 2.09. The topological polar surface area (TPSA) is 62.8 Å². The molecule has 0 saturated heterocycles. The maximum Gasteiger partial charge on any atom is 0.142 e. The van der Waals surface area contributed by atoms with E-state index < -0.39 is 0 Å². The molecule has 0 bridgehead atoms. The molecule has 2 aromatic rings. The van der Waals surface area contributed by atoms with E-state index in [1.807, 2.05) is 0 Å². The summed E-state index contributed by atoms with van der Waals surface area (Å²) >= 11 is 11.9. The molecule has 0 fully saturated rings. The van der Waals surface area contributed by atoms with Gasteiger partial charge in [-0.3, -0.25) is 10.4 Å². The van der Waals surface area contributed by atoms with Crippen LogP contribution in [0.2, 0.25) is 10.0 Å². The Bertz CT molecular complexity index is 552. The second kappa shape index (κ2) is 3.68. The predicted octanol–water partition coefficient (Wildman–Crippen LogP) is 2.83. The summed E-state index contributed by atoms with van der Waals surface area (Å²) in [6.45, 7) is 0. The van der Waals surface area contributed by atoms with Crippen molar-refractivity contribution in [1.82, 2.24) is 4.98 Å². The van der Waals surface area contributed by atoms with Crippen LogP contribution < -0.4 is 5.73 Å². The van der Waals surface area contributed by atoms with Gasteiger partial charge in [-0.05, 0) is 12.1 Å². The van der Waals surface area contributed by atoms with Gasteiger partial charge in [0.25, 0.3) is 0 Å². The van der Waals surface area contributed by atoms with E-state index in [1.165, 1.54) is 0 Å². The summed E-state index contributed by atoms with van der Waals surface area (Å²) < 4.78 is 0. The molecule has 2 rings (SSSR count). The number of fused-ring (bicyclic) bond motifs is 1. The molecule has 5 heteroatoms. The molecular weight excluding hydrogens is 233 g/mol. The molecule has 1 aromatic heterocycles. The molecule has 1 aromatic carbocycles. The fourth-order valence-electron chi connectivity index (χ4n) is 1.41. The largest absolute Gasteiger partial charge is 0.382 e. The highest BCUT2D eigenvalue weighted by molar-refractivity contribution is 6.45. The maximum atomic E-state index is 7.38. The van der Waals surface area contributed by atoms with E-state index in [0.717, 1.165) is 10.8 Å². The molecule has 15 heavy (non-hydrogen) atoms. The first-order chi connectivity index (χ1) is 7.11. The highest BCUT2D eigenvalue weighted by Crippen LogP contribution is 2.31. The van der Waals surface area contributed by atoms with E-state index in [9.17, 15) is 0 Å². The molecule has 0 spiro atoms. The molecule has 0 unspecified atom stereocenters. The number of nitrogens with one attached hydrogen (secondary N) is 1. The third kappa shape index (κ3) is 1.64. The van der Waals surface area contributed by atoms with Gasteiger partial charge in [-0.15, -0.1) is 0 Å². The van der Waals surface area contributed by atoms with Gasteiger partial charge in [0.2, 0.25) is 0 Å². The summed E-state index contributed by atoms with van der Waals surface area (Å²) in [6, 6.07) is 5.17. The molecule has 0 aliphatic carbocycles. The van der Waals surface area contributed by atoms with Crippen LogP contribution in [0.25, 0.3) is 10.8 Å². The first-order valence-electron chi connectivity index (χ1n) is 4.18. The Balaban J connectivity index is 2.89. The minimum Gasteiger partial charge on any atom is -0.382 e. The van der Waals surface area contributed by atoms with Gasteiger partial charge in [0.05, 0.1) is 10.0 Å². The van der Waals surface area contributed by atoms with Crippen LogP contribution in [-0.4, -0.2) is 10.8 Å². The van der Waals surface area contributed by atoms with Crippen LogP contribution >= 0.6 is 23.2 Å². The normalized spacial score (nSPS) is 10.5. The Morgan fingerprint density at radius 1 is 1.20 bits per heavy atom. The average molecular weight is 240 g/mol. The van der Waals surface area contributed by atoms with Crippen molar-refractivity contribution in [3.8, 4) is 0 Å². The van der Waals surface area contributed by atoms with E-state index in [1.54, 1.807) is 24.4 Å². The van der Waals surface area contributed by atoms with Gasteiger partial charge in [0, 0.05) is 17.0 Å². The number of nitrogen functional groups attached to an aromatic ring is 1. The van der Waals surface area contributed by atoms with E-state index in [2.05, 4.69) is 4.98 Å². The zero-order valence-electron chi connectivity index (χ0n) is 7.59. The maximum absolute atomic E-state index is 7.38. The van der Waals surface area contributed by atoms with Crippen molar-refractivity contribution in [3.63, 3.8) is 0 Å². The number of amidine groups is 1. The van der Waals surface area contributed by atoms with Crippen LogP contribution in [0.4, 0.5) is 0 Å². The van der Waals surface area contributed by atoms with Gasteiger partial charge in [-0.2, -0.15) is 0 Å². The second-order valence-electron chi connectivity index (χ2n) is 3.03. The van der Waals surface area contributed by atoms with Crippen molar-refractivity contribution >= 4 is 39.8 Å². The minimum absolute atomic E-state index is 0.0843. The van der Waals surface area contributed by atoms with Crippen LogP contribution in [0.3, 0.4) is 0 Å². The summed E-state index contributed by atoms with van der Waals surface area (Å²) in [5.41, 5.74) is 5.83. The molecule has 0 atom stereocenters. The van der Waals surface area contributed by atoms with Crippen LogP contribution in [0.15, 0.2) is 24.4 Å².